The maximum atomic E-state index is 12.3. The van der Waals surface area contributed by atoms with Crippen LogP contribution < -0.4 is 5.32 Å². The first kappa shape index (κ1) is 15.3. The molecule has 0 atom stereocenters. The van der Waals surface area contributed by atoms with Gasteiger partial charge in [-0.3, -0.25) is 0 Å². The van der Waals surface area contributed by atoms with E-state index in [1.807, 2.05) is 6.92 Å². The van der Waals surface area contributed by atoms with E-state index in [0.29, 0.717) is 24.3 Å². The van der Waals surface area contributed by atoms with Crippen molar-refractivity contribution in [2.75, 3.05) is 5.32 Å². The summed E-state index contributed by atoms with van der Waals surface area (Å²) in [5.74, 6) is 0.753. The van der Waals surface area contributed by atoms with Crippen LogP contribution in [0, 0.1) is 0 Å². The fraction of sp³-hybridized carbons (Fsp3) is 0.429. The van der Waals surface area contributed by atoms with E-state index in [1.165, 1.54) is 6.33 Å². The normalized spacial score (nSPS) is 11.6. The number of hydrogen-bond donors (Lipinski definition) is 1. The molecule has 21 heavy (non-hydrogen) atoms. The second-order valence-corrected chi connectivity index (χ2v) is 4.62. The van der Waals surface area contributed by atoms with Gasteiger partial charge < -0.3 is 5.32 Å². The van der Waals surface area contributed by atoms with Crippen molar-refractivity contribution in [3.8, 4) is 0 Å². The summed E-state index contributed by atoms with van der Waals surface area (Å²) in [5, 5.41) is 7.19. The Labute approximate surface area is 121 Å². The van der Waals surface area contributed by atoms with Crippen molar-refractivity contribution in [2.24, 2.45) is 0 Å². The minimum Gasteiger partial charge on any atom is -0.378 e. The van der Waals surface area contributed by atoms with Crippen LogP contribution in [0.25, 0.3) is 0 Å². The zero-order valence-electron chi connectivity index (χ0n) is 11.7. The number of aryl methyl sites for hydroxylation is 2. The summed E-state index contributed by atoms with van der Waals surface area (Å²) >= 11 is 0. The zero-order chi connectivity index (χ0) is 15.3. The molecule has 1 aromatic heterocycles. The van der Waals surface area contributed by atoms with Crippen LogP contribution in [-0.4, -0.2) is 20.9 Å². The van der Waals surface area contributed by atoms with Crippen LogP contribution in [0.15, 0.2) is 30.6 Å². The van der Waals surface area contributed by atoms with Gasteiger partial charge in [-0.2, -0.15) is 18.3 Å². The quantitative estimate of drug-likeness (QED) is 0.888. The highest BCUT2D eigenvalue weighted by Gasteiger charge is 2.26. The summed E-state index contributed by atoms with van der Waals surface area (Å²) in [6, 6.07) is 7.02. The number of benzene rings is 1. The standard InChI is InChI=1S/C14H17F3N4/c1-2-21-13(19-10-20-21)9-18-12-6-4-3-5-11(12)7-8-14(15,16)17/h3-6,10,18H,2,7-9H2,1H3. The van der Waals surface area contributed by atoms with Gasteiger partial charge in [-0.05, 0) is 25.0 Å². The Morgan fingerprint density at radius 2 is 2.00 bits per heavy atom. The molecule has 0 aliphatic heterocycles. The number of hydrogen-bond acceptors (Lipinski definition) is 3. The van der Waals surface area contributed by atoms with Gasteiger partial charge in [-0.25, -0.2) is 9.67 Å². The summed E-state index contributed by atoms with van der Waals surface area (Å²) in [4.78, 5) is 4.13. The summed E-state index contributed by atoms with van der Waals surface area (Å²) in [7, 11) is 0. The predicted octanol–water partition coefficient (Wildman–Crippen LogP) is 3.41. The molecular weight excluding hydrogens is 281 g/mol. The van der Waals surface area contributed by atoms with Crippen LogP contribution in [0.5, 0.6) is 0 Å². The highest BCUT2D eigenvalue weighted by molar-refractivity contribution is 5.51. The third-order valence-electron chi connectivity index (χ3n) is 3.13. The maximum Gasteiger partial charge on any atom is 0.389 e. The van der Waals surface area contributed by atoms with E-state index in [2.05, 4.69) is 15.4 Å². The summed E-state index contributed by atoms with van der Waals surface area (Å²) in [6.45, 7) is 3.08. The van der Waals surface area contributed by atoms with Crippen LogP contribution in [0.4, 0.5) is 18.9 Å². The number of nitrogens with one attached hydrogen (secondary N) is 1. The van der Waals surface area contributed by atoms with Crippen molar-refractivity contribution in [1.82, 2.24) is 14.8 Å². The van der Waals surface area contributed by atoms with Gasteiger partial charge in [0.15, 0.2) is 0 Å². The first-order chi connectivity index (χ1) is 9.99. The molecule has 0 spiro atoms. The summed E-state index contributed by atoms with van der Waals surface area (Å²) in [6.07, 6.45) is -3.53. The Morgan fingerprint density at radius 3 is 2.71 bits per heavy atom. The number of anilines is 1. The highest BCUT2D eigenvalue weighted by Crippen LogP contribution is 2.25. The number of alkyl halides is 3. The average molecular weight is 298 g/mol. The number of para-hydroxylation sites is 1. The molecule has 4 nitrogen and oxygen atoms in total. The molecule has 7 heteroatoms. The largest absolute Gasteiger partial charge is 0.389 e. The van der Waals surface area contributed by atoms with Gasteiger partial charge >= 0.3 is 6.18 Å². The van der Waals surface area contributed by atoms with Crippen molar-refractivity contribution < 1.29 is 13.2 Å². The molecule has 2 aromatic rings. The second-order valence-electron chi connectivity index (χ2n) is 4.62. The van der Waals surface area contributed by atoms with Crippen LogP contribution in [-0.2, 0) is 19.5 Å². The third kappa shape index (κ3) is 4.47. The van der Waals surface area contributed by atoms with Gasteiger partial charge in [-0.1, -0.05) is 18.2 Å². The lowest BCUT2D eigenvalue weighted by Gasteiger charge is -2.13. The van der Waals surface area contributed by atoms with Crippen LogP contribution >= 0.6 is 0 Å². The minimum atomic E-state index is -4.14. The fourth-order valence-corrected chi connectivity index (χ4v) is 2.05. The Kier molecular flexibility index (Phi) is 4.82. The highest BCUT2D eigenvalue weighted by atomic mass is 19.4. The number of aromatic nitrogens is 3. The topological polar surface area (TPSA) is 42.7 Å². The van der Waals surface area contributed by atoms with E-state index in [9.17, 15) is 13.2 Å². The smallest absolute Gasteiger partial charge is 0.378 e. The Balaban J connectivity index is 2.03. The Hall–Kier alpha value is -2.05. The molecule has 114 valence electrons. The molecule has 0 saturated heterocycles. The lowest BCUT2D eigenvalue weighted by molar-refractivity contribution is -0.133. The van der Waals surface area contributed by atoms with Crippen molar-refractivity contribution in [3.05, 3.63) is 42.0 Å². The number of halogens is 3. The van der Waals surface area contributed by atoms with E-state index in [0.717, 1.165) is 5.82 Å². The first-order valence-corrected chi connectivity index (χ1v) is 6.75. The van der Waals surface area contributed by atoms with Crippen molar-refractivity contribution in [3.63, 3.8) is 0 Å². The van der Waals surface area contributed by atoms with E-state index in [-0.39, 0.29) is 6.42 Å². The summed E-state index contributed by atoms with van der Waals surface area (Å²) < 4.78 is 38.8. The lowest BCUT2D eigenvalue weighted by atomic mass is 10.1. The predicted molar refractivity (Wildman–Crippen MR) is 73.8 cm³/mol. The molecule has 0 fully saturated rings. The van der Waals surface area contributed by atoms with Gasteiger partial charge in [0, 0.05) is 18.7 Å². The zero-order valence-corrected chi connectivity index (χ0v) is 11.7. The molecule has 0 unspecified atom stereocenters. The molecule has 0 radical (unpaired) electrons. The van der Waals surface area contributed by atoms with E-state index < -0.39 is 12.6 Å². The molecule has 0 bridgehead atoms. The van der Waals surface area contributed by atoms with Crippen LogP contribution in [0.1, 0.15) is 24.7 Å². The van der Waals surface area contributed by atoms with Crippen LogP contribution in [0.2, 0.25) is 0 Å². The van der Waals surface area contributed by atoms with Crippen LogP contribution in [0.3, 0.4) is 0 Å². The molecule has 0 saturated carbocycles. The third-order valence-corrected chi connectivity index (χ3v) is 3.13. The lowest BCUT2D eigenvalue weighted by Crippen LogP contribution is -2.12. The fourth-order valence-electron chi connectivity index (χ4n) is 2.05. The van der Waals surface area contributed by atoms with E-state index >= 15 is 0 Å². The van der Waals surface area contributed by atoms with Gasteiger partial charge in [0.2, 0.25) is 0 Å². The summed E-state index contributed by atoms with van der Waals surface area (Å²) in [5.41, 5.74) is 1.35. The van der Waals surface area contributed by atoms with Gasteiger partial charge in [0.05, 0.1) is 6.54 Å². The molecule has 2 rings (SSSR count). The first-order valence-electron chi connectivity index (χ1n) is 6.75. The van der Waals surface area contributed by atoms with Gasteiger partial charge in [0.25, 0.3) is 0 Å². The number of nitrogens with zero attached hydrogens (tertiary/aromatic N) is 3. The molecule has 0 aliphatic rings. The number of rotatable bonds is 6. The molecule has 0 amide bonds. The maximum absolute atomic E-state index is 12.3. The molecule has 1 heterocycles. The van der Waals surface area contributed by atoms with E-state index in [1.54, 1.807) is 28.9 Å². The average Bonchev–Trinajstić information content (AvgIpc) is 2.90. The van der Waals surface area contributed by atoms with Gasteiger partial charge in [-0.15, -0.1) is 0 Å². The molecule has 0 aliphatic carbocycles. The monoisotopic (exact) mass is 298 g/mol. The molecule has 1 N–H and O–H groups in total. The SMILES string of the molecule is CCn1ncnc1CNc1ccccc1CCC(F)(F)F. The molecular formula is C14H17F3N4. The minimum absolute atomic E-state index is 0.0346. The Bertz CT molecular complexity index is 578. The van der Waals surface area contributed by atoms with Gasteiger partial charge in [0.1, 0.15) is 12.2 Å². The van der Waals surface area contributed by atoms with Crippen molar-refractivity contribution >= 4 is 5.69 Å². The second kappa shape index (κ2) is 6.60. The van der Waals surface area contributed by atoms with E-state index in [4.69, 9.17) is 0 Å². The van der Waals surface area contributed by atoms with Crippen molar-refractivity contribution in [2.45, 2.75) is 39.0 Å². The molecule has 1 aromatic carbocycles. The Morgan fingerprint density at radius 1 is 1.24 bits per heavy atom. The van der Waals surface area contributed by atoms with Crippen molar-refractivity contribution in [1.29, 1.82) is 0 Å².